The zero-order valence-corrected chi connectivity index (χ0v) is 16.4. The Morgan fingerprint density at radius 2 is 2.04 bits per heavy atom. The van der Waals surface area contributed by atoms with Gasteiger partial charge in [-0.25, -0.2) is 0 Å². The topological polar surface area (TPSA) is 70.6 Å². The summed E-state index contributed by atoms with van der Waals surface area (Å²) in [6, 6.07) is 5.63. The van der Waals surface area contributed by atoms with Crippen LogP contribution in [0.4, 0.5) is 0 Å². The number of hydrogen-bond donors (Lipinski definition) is 3. The van der Waals surface area contributed by atoms with Gasteiger partial charge in [0.05, 0.1) is 6.10 Å². The van der Waals surface area contributed by atoms with E-state index in [4.69, 9.17) is 4.74 Å². The van der Waals surface area contributed by atoms with Gasteiger partial charge in [-0.3, -0.25) is 4.79 Å². The van der Waals surface area contributed by atoms with Gasteiger partial charge >= 0.3 is 0 Å². The van der Waals surface area contributed by atoms with Gasteiger partial charge in [0.2, 0.25) is 0 Å². The molecule has 132 valence electrons. The fourth-order valence-corrected chi connectivity index (χ4v) is 2.25. The number of benzene rings is 1. The van der Waals surface area contributed by atoms with E-state index in [-0.39, 0.29) is 30.5 Å². The Bertz CT molecular complexity index is 505. The molecule has 0 spiro atoms. The van der Waals surface area contributed by atoms with Crippen molar-refractivity contribution in [2.45, 2.75) is 45.9 Å². The van der Waals surface area contributed by atoms with Crippen molar-refractivity contribution in [1.29, 1.82) is 0 Å². The molecule has 0 aliphatic rings. The third kappa shape index (κ3) is 9.81. The first-order valence-corrected chi connectivity index (χ1v) is 8.07. The van der Waals surface area contributed by atoms with Crippen molar-refractivity contribution >= 4 is 34.2 Å². The number of rotatable bonds is 7. The lowest BCUT2D eigenvalue weighted by atomic mass is 10.1. The average Bonchev–Trinajstić information content (AvgIpc) is 2.35. The van der Waals surface area contributed by atoms with Crippen LogP contribution < -0.4 is 15.4 Å². The Morgan fingerprint density at radius 1 is 1.39 bits per heavy atom. The highest BCUT2D eigenvalue weighted by molar-refractivity contribution is 9.10. The smallest absolute Gasteiger partial charge is 0.258 e. The SMILES string of the molecule is CC(O)CNCc1cc(Br)ccc1OCC(=O)NC(C)(C)C.Cl. The van der Waals surface area contributed by atoms with Crippen LogP contribution in [0.15, 0.2) is 22.7 Å². The van der Waals surface area contributed by atoms with Gasteiger partial charge in [0.1, 0.15) is 5.75 Å². The zero-order valence-electron chi connectivity index (χ0n) is 14.0. The summed E-state index contributed by atoms with van der Waals surface area (Å²) in [5, 5.41) is 15.3. The summed E-state index contributed by atoms with van der Waals surface area (Å²) in [6.45, 7) is 8.53. The van der Waals surface area contributed by atoms with Gasteiger partial charge in [0, 0.05) is 28.7 Å². The number of amides is 1. The second-order valence-corrected chi connectivity index (χ2v) is 7.23. The molecule has 0 saturated carbocycles. The molecule has 0 fully saturated rings. The van der Waals surface area contributed by atoms with Crippen molar-refractivity contribution in [3.05, 3.63) is 28.2 Å². The molecule has 7 heteroatoms. The molecule has 0 radical (unpaired) electrons. The molecule has 1 unspecified atom stereocenters. The fourth-order valence-electron chi connectivity index (χ4n) is 1.84. The highest BCUT2D eigenvalue weighted by Crippen LogP contribution is 2.23. The largest absolute Gasteiger partial charge is 0.483 e. The minimum absolute atomic E-state index is 0. The van der Waals surface area contributed by atoms with Gasteiger partial charge in [-0.15, -0.1) is 12.4 Å². The summed E-state index contributed by atoms with van der Waals surface area (Å²) >= 11 is 3.42. The number of nitrogens with one attached hydrogen (secondary N) is 2. The quantitative estimate of drug-likeness (QED) is 0.647. The maximum absolute atomic E-state index is 11.8. The number of hydrogen-bond acceptors (Lipinski definition) is 4. The molecule has 1 rings (SSSR count). The third-order valence-corrected chi connectivity index (χ3v) is 3.14. The number of halogens is 2. The van der Waals surface area contributed by atoms with Gasteiger partial charge in [-0.2, -0.15) is 0 Å². The van der Waals surface area contributed by atoms with Crippen LogP contribution in [-0.2, 0) is 11.3 Å². The number of aliphatic hydroxyl groups is 1. The van der Waals surface area contributed by atoms with Crippen LogP contribution in [0.2, 0.25) is 0 Å². The molecule has 1 amide bonds. The Hall–Kier alpha value is -0.820. The molecule has 0 bridgehead atoms. The maximum atomic E-state index is 11.8. The van der Waals surface area contributed by atoms with Crippen LogP contribution in [0.1, 0.15) is 33.3 Å². The molecule has 5 nitrogen and oxygen atoms in total. The Kier molecular flexibility index (Phi) is 9.77. The third-order valence-electron chi connectivity index (χ3n) is 2.65. The number of ether oxygens (including phenoxy) is 1. The number of carbonyl (C=O) groups is 1. The first kappa shape index (κ1) is 22.2. The second-order valence-electron chi connectivity index (χ2n) is 6.32. The lowest BCUT2D eigenvalue weighted by Gasteiger charge is -2.21. The minimum atomic E-state index is -0.408. The van der Waals surface area contributed by atoms with E-state index < -0.39 is 6.10 Å². The van der Waals surface area contributed by atoms with E-state index in [9.17, 15) is 9.90 Å². The Morgan fingerprint density at radius 3 is 2.61 bits per heavy atom. The van der Waals surface area contributed by atoms with Crippen LogP contribution in [0, 0.1) is 0 Å². The molecule has 1 aromatic carbocycles. The number of aliphatic hydroxyl groups excluding tert-OH is 1. The molecule has 0 aromatic heterocycles. The van der Waals surface area contributed by atoms with Gasteiger partial charge in [0.25, 0.3) is 5.91 Å². The van der Waals surface area contributed by atoms with Crippen LogP contribution >= 0.6 is 28.3 Å². The van der Waals surface area contributed by atoms with Crippen molar-refractivity contribution in [2.75, 3.05) is 13.2 Å². The minimum Gasteiger partial charge on any atom is -0.483 e. The molecular formula is C16H26BrClN2O3. The first-order valence-electron chi connectivity index (χ1n) is 7.28. The van der Waals surface area contributed by atoms with Crippen molar-refractivity contribution in [3.8, 4) is 5.75 Å². The van der Waals surface area contributed by atoms with Crippen LogP contribution in [0.3, 0.4) is 0 Å². The summed E-state index contributed by atoms with van der Waals surface area (Å²) < 4.78 is 6.56. The molecule has 0 aliphatic carbocycles. The lowest BCUT2D eigenvalue weighted by Crippen LogP contribution is -2.43. The molecule has 1 aromatic rings. The van der Waals surface area contributed by atoms with Crippen LogP contribution in [0.5, 0.6) is 5.75 Å². The van der Waals surface area contributed by atoms with Crippen molar-refractivity contribution in [2.24, 2.45) is 0 Å². The van der Waals surface area contributed by atoms with Crippen LogP contribution in [-0.4, -0.2) is 35.8 Å². The second kappa shape index (κ2) is 10.1. The van der Waals surface area contributed by atoms with Gasteiger partial charge < -0.3 is 20.5 Å². The first-order chi connectivity index (χ1) is 10.2. The van der Waals surface area contributed by atoms with E-state index in [2.05, 4.69) is 26.6 Å². The molecule has 23 heavy (non-hydrogen) atoms. The fraction of sp³-hybridized carbons (Fsp3) is 0.562. The highest BCUT2D eigenvalue weighted by atomic mass is 79.9. The molecular weight excluding hydrogens is 384 g/mol. The van der Waals surface area contributed by atoms with Crippen molar-refractivity contribution in [1.82, 2.24) is 10.6 Å². The predicted molar refractivity (Wildman–Crippen MR) is 98.2 cm³/mol. The maximum Gasteiger partial charge on any atom is 0.258 e. The summed E-state index contributed by atoms with van der Waals surface area (Å²) in [5.41, 5.74) is 0.653. The van der Waals surface area contributed by atoms with E-state index in [0.29, 0.717) is 18.8 Å². The van der Waals surface area contributed by atoms with E-state index >= 15 is 0 Å². The predicted octanol–water partition coefficient (Wildman–Crippen LogP) is 2.63. The molecule has 1 atom stereocenters. The van der Waals surface area contributed by atoms with E-state index in [1.165, 1.54) is 0 Å². The summed E-state index contributed by atoms with van der Waals surface area (Å²) in [7, 11) is 0. The molecule has 3 N–H and O–H groups in total. The summed E-state index contributed by atoms with van der Waals surface area (Å²) in [5.74, 6) is 0.503. The van der Waals surface area contributed by atoms with E-state index in [0.717, 1.165) is 10.0 Å². The molecule has 0 heterocycles. The normalized spacial score (nSPS) is 12.3. The monoisotopic (exact) mass is 408 g/mol. The van der Waals surface area contributed by atoms with E-state index in [1.807, 2.05) is 39.0 Å². The van der Waals surface area contributed by atoms with Crippen molar-refractivity contribution in [3.63, 3.8) is 0 Å². The molecule has 0 saturated heterocycles. The Labute approximate surface area is 152 Å². The van der Waals surface area contributed by atoms with Crippen molar-refractivity contribution < 1.29 is 14.6 Å². The Balaban J connectivity index is 0.00000484. The summed E-state index contributed by atoms with van der Waals surface area (Å²) in [4.78, 5) is 11.8. The van der Waals surface area contributed by atoms with E-state index in [1.54, 1.807) is 6.92 Å². The highest BCUT2D eigenvalue weighted by Gasteiger charge is 2.14. The lowest BCUT2D eigenvalue weighted by molar-refractivity contribution is -0.124. The van der Waals surface area contributed by atoms with Gasteiger partial charge in [-0.1, -0.05) is 15.9 Å². The van der Waals surface area contributed by atoms with Gasteiger partial charge in [0.15, 0.2) is 6.61 Å². The zero-order chi connectivity index (χ0) is 16.8. The van der Waals surface area contributed by atoms with Crippen LogP contribution in [0.25, 0.3) is 0 Å². The molecule has 0 aliphatic heterocycles. The standard InChI is InChI=1S/C16H25BrN2O3.ClH/c1-11(20)8-18-9-12-7-13(17)5-6-14(12)22-10-15(21)19-16(2,3)4;/h5-7,11,18,20H,8-10H2,1-4H3,(H,19,21);1H. The summed E-state index contributed by atoms with van der Waals surface area (Å²) in [6.07, 6.45) is -0.408. The van der Waals surface area contributed by atoms with Gasteiger partial charge in [-0.05, 0) is 45.9 Å². The average molecular weight is 410 g/mol. The number of carbonyl (C=O) groups excluding carboxylic acids is 1.